The van der Waals surface area contributed by atoms with Gasteiger partial charge >= 0.3 is 0 Å². The number of Topliss-reactive ketones (excluding diaryl/α,β-unsaturated/α-hetero) is 1. The van der Waals surface area contributed by atoms with Crippen LogP contribution in [0.3, 0.4) is 0 Å². The first-order chi connectivity index (χ1) is 7.20. The molecule has 0 amide bonds. The molecule has 1 atom stereocenters. The van der Waals surface area contributed by atoms with Gasteiger partial charge in [-0.15, -0.1) is 0 Å². The van der Waals surface area contributed by atoms with E-state index < -0.39 is 0 Å². The van der Waals surface area contributed by atoms with E-state index in [4.69, 9.17) is 0 Å². The lowest BCUT2D eigenvalue weighted by Gasteiger charge is -2.29. The predicted octanol–water partition coefficient (Wildman–Crippen LogP) is 1.52. The van der Waals surface area contributed by atoms with Gasteiger partial charge in [-0.2, -0.15) is 4.37 Å². The Hall–Kier alpha value is -0.970. The van der Waals surface area contributed by atoms with Crippen molar-refractivity contribution in [2.75, 3.05) is 18.0 Å². The Morgan fingerprint density at radius 1 is 1.60 bits per heavy atom. The van der Waals surface area contributed by atoms with E-state index in [0.717, 1.165) is 30.5 Å². The largest absolute Gasteiger partial charge is 0.346 e. The number of hydrogen-bond acceptors (Lipinski definition) is 5. The third-order valence-corrected chi connectivity index (χ3v) is 3.53. The minimum atomic E-state index is 0.132. The fraction of sp³-hybridized carbons (Fsp3) is 0.700. The van der Waals surface area contributed by atoms with Gasteiger partial charge < -0.3 is 4.90 Å². The van der Waals surface area contributed by atoms with Gasteiger partial charge in [0, 0.05) is 43.4 Å². The Morgan fingerprint density at radius 2 is 2.40 bits per heavy atom. The number of rotatable bonds is 2. The second kappa shape index (κ2) is 4.26. The average Bonchev–Trinajstić information content (AvgIpc) is 2.70. The van der Waals surface area contributed by atoms with Crippen LogP contribution in [0.2, 0.25) is 0 Å². The first-order valence-corrected chi connectivity index (χ1v) is 6.08. The third-order valence-electron chi connectivity index (χ3n) is 2.72. The molecule has 1 saturated heterocycles. The molecule has 2 heterocycles. The van der Waals surface area contributed by atoms with Crippen molar-refractivity contribution in [3.63, 3.8) is 0 Å². The van der Waals surface area contributed by atoms with Gasteiger partial charge in [-0.3, -0.25) is 4.79 Å². The summed E-state index contributed by atoms with van der Waals surface area (Å²) >= 11 is 1.44. The summed E-state index contributed by atoms with van der Waals surface area (Å²) in [4.78, 5) is 18.0. The minimum Gasteiger partial charge on any atom is -0.346 e. The lowest BCUT2D eigenvalue weighted by Crippen LogP contribution is -2.39. The molecule has 0 aromatic carbocycles. The van der Waals surface area contributed by atoms with Crippen molar-refractivity contribution in [2.24, 2.45) is 5.92 Å². The highest BCUT2D eigenvalue weighted by molar-refractivity contribution is 7.09. The number of aromatic nitrogens is 2. The van der Waals surface area contributed by atoms with E-state index in [1.807, 2.05) is 13.8 Å². The standard InChI is InChI=1S/C10H15N3OS/c1-3-9-11-10(15-12-9)13-5-4-8(14)7(2)6-13/h7H,3-6H2,1-2H3. The van der Waals surface area contributed by atoms with Crippen LogP contribution in [0.4, 0.5) is 5.13 Å². The molecule has 0 radical (unpaired) electrons. The van der Waals surface area contributed by atoms with Gasteiger partial charge in [-0.05, 0) is 0 Å². The second-order valence-corrected chi connectivity index (χ2v) is 4.64. The quantitative estimate of drug-likeness (QED) is 0.765. The van der Waals surface area contributed by atoms with Crippen molar-refractivity contribution in [3.8, 4) is 0 Å². The molecule has 0 N–H and O–H groups in total. The van der Waals surface area contributed by atoms with Crippen LogP contribution in [0.1, 0.15) is 26.1 Å². The number of aryl methyl sites for hydroxylation is 1. The lowest BCUT2D eigenvalue weighted by atomic mass is 9.99. The molecular formula is C10H15N3OS. The Labute approximate surface area is 93.5 Å². The van der Waals surface area contributed by atoms with Crippen molar-refractivity contribution in [1.29, 1.82) is 0 Å². The number of piperidine rings is 1. The third kappa shape index (κ3) is 2.17. The lowest BCUT2D eigenvalue weighted by molar-refractivity contribution is -0.122. The zero-order valence-corrected chi connectivity index (χ0v) is 9.88. The molecule has 1 aromatic rings. The van der Waals surface area contributed by atoms with Crippen LogP contribution in [-0.4, -0.2) is 28.2 Å². The molecule has 1 aromatic heterocycles. The second-order valence-electron chi connectivity index (χ2n) is 3.91. The van der Waals surface area contributed by atoms with E-state index in [9.17, 15) is 4.79 Å². The molecule has 82 valence electrons. The number of anilines is 1. The van der Waals surface area contributed by atoms with Crippen LogP contribution in [0.25, 0.3) is 0 Å². The summed E-state index contributed by atoms with van der Waals surface area (Å²) in [6, 6.07) is 0. The van der Waals surface area contributed by atoms with E-state index in [1.54, 1.807) is 0 Å². The Morgan fingerprint density at radius 3 is 3.00 bits per heavy atom. The molecule has 0 saturated carbocycles. The van der Waals surface area contributed by atoms with Gasteiger partial charge in [0.15, 0.2) is 0 Å². The molecule has 4 nitrogen and oxygen atoms in total. The zero-order valence-electron chi connectivity index (χ0n) is 9.06. The molecule has 0 spiro atoms. The summed E-state index contributed by atoms with van der Waals surface area (Å²) in [7, 11) is 0. The van der Waals surface area contributed by atoms with Crippen molar-refractivity contribution < 1.29 is 4.79 Å². The van der Waals surface area contributed by atoms with Crippen molar-refractivity contribution in [2.45, 2.75) is 26.7 Å². The molecule has 5 heteroatoms. The number of nitrogens with zero attached hydrogens (tertiary/aromatic N) is 3. The highest BCUT2D eigenvalue weighted by Crippen LogP contribution is 2.22. The number of ketones is 1. The first kappa shape index (κ1) is 10.5. The molecular weight excluding hydrogens is 210 g/mol. The van der Waals surface area contributed by atoms with E-state index in [1.165, 1.54) is 11.5 Å². The highest BCUT2D eigenvalue weighted by atomic mass is 32.1. The molecule has 1 aliphatic rings. The maximum atomic E-state index is 11.4. The van der Waals surface area contributed by atoms with Gasteiger partial charge in [0.25, 0.3) is 0 Å². The van der Waals surface area contributed by atoms with E-state index in [2.05, 4.69) is 14.3 Å². The molecule has 1 unspecified atom stereocenters. The normalized spacial score (nSPS) is 22.1. The topological polar surface area (TPSA) is 46.1 Å². The number of hydrogen-bond donors (Lipinski definition) is 0. The smallest absolute Gasteiger partial charge is 0.205 e. The van der Waals surface area contributed by atoms with Gasteiger partial charge in [-0.25, -0.2) is 4.98 Å². The zero-order chi connectivity index (χ0) is 10.8. The van der Waals surface area contributed by atoms with E-state index >= 15 is 0 Å². The van der Waals surface area contributed by atoms with Crippen LogP contribution in [-0.2, 0) is 11.2 Å². The van der Waals surface area contributed by atoms with Gasteiger partial charge in [0.2, 0.25) is 5.13 Å². The SMILES string of the molecule is CCc1nsc(N2CCC(=O)C(C)C2)n1. The van der Waals surface area contributed by atoms with Gasteiger partial charge in [0.1, 0.15) is 11.6 Å². The number of carbonyl (C=O) groups is 1. The summed E-state index contributed by atoms with van der Waals surface area (Å²) in [6.07, 6.45) is 1.51. The number of carbonyl (C=O) groups excluding carboxylic acids is 1. The Bertz CT molecular complexity index is 363. The monoisotopic (exact) mass is 225 g/mol. The van der Waals surface area contributed by atoms with Crippen LogP contribution in [0, 0.1) is 5.92 Å². The fourth-order valence-electron chi connectivity index (χ4n) is 1.71. The Balaban J connectivity index is 2.08. The van der Waals surface area contributed by atoms with Crippen molar-refractivity contribution >= 4 is 22.4 Å². The maximum absolute atomic E-state index is 11.4. The molecule has 0 bridgehead atoms. The molecule has 2 rings (SSSR count). The predicted molar refractivity (Wildman–Crippen MR) is 60.3 cm³/mol. The fourth-order valence-corrected chi connectivity index (χ4v) is 2.49. The van der Waals surface area contributed by atoms with Crippen LogP contribution < -0.4 is 4.90 Å². The summed E-state index contributed by atoms with van der Waals surface area (Å²) in [5.41, 5.74) is 0. The summed E-state index contributed by atoms with van der Waals surface area (Å²) < 4.78 is 4.26. The molecule has 1 aliphatic heterocycles. The van der Waals surface area contributed by atoms with Gasteiger partial charge in [-0.1, -0.05) is 13.8 Å². The van der Waals surface area contributed by atoms with Crippen LogP contribution in [0.5, 0.6) is 0 Å². The summed E-state index contributed by atoms with van der Waals surface area (Å²) in [6.45, 7) is 5.61. The minimum absolute atomic E-state index is 0.132. The van der Waals surface area contributed by atoms with E-state index in [-0.39, 0.29) is 5.92 Å². The molecule has 0 aliphatic carbocycles. The Kier molecular flexibility index (Phi) is 3.00. The molecule has 1 fully saturated rings. The average molecular weight is 225 g/mol. The molecule has 15 heavy (non-hydrogen) atoms. The summed E-state index contributed by atoms with van der Waals surface area (Å²) in [5.74, 6) is 1.40. The highest BCUT2D eigenvalue weighted by Gasteiger charge is 2.25. The van der Waals surface area contributed by atoms with Gasteiger partial charge in [0.05, 0.1) is 0 Å². The van der Waals surface area contributed by atoms with Crippen LogP contribution in [0.15, 0.2) is 0 Å². The first-order valence-electron chi connectivity index (χ1n) is 5.31. The van der Waals surface area contributed by atoms with Crippen molar-refractivity contribution in [1.82, 2.24) is 9.36 Å². The van der Waals surface area contributed by atoms with Crippen molar-refractivity contribution in [3.05, 3.63) is 5.82 Å². The van der Waals surface area contributed by atoms with E-state index in [0.29, 0.717) is 12.2 Å². The van der Waals surface area contributed by atoms with Crippen LogP contribution >= 0.6 is 11.5 Å². The maximum Gasteiger partial charge on any atom is 0.205 e. The summed E-state index contributed by atoms with van der Waals surface area (Å²) in [5, 5.41) is 0.964.